The number of nitrogens with zero attached hydrogens (tertiary/aromatic N) is 3. The van der Waals surface area contributed by atoms with Crippen molar-refractivity contribution >= 4 is 29.9 Å². The van der Waals surface area contributed by atoms with E-state index in [0.29, 0.717) is 12.2 Å². The van der Waals surface area contributed by atoms with Gasteiger partial charge in [0.05, 0.1) is 18.8 Å². The molecule has 1 aromatic carbocycles. The summed E-state index contributed by atoms with van der Waals surface area (Å²) >= 11 is 0. The van der Waals surface area contributed by atoms with Gasteiger partial charge in [-0.1, -0.05) is 24.3 Å². The average molecular weight is 530 g/mol. The number of halogens is 1. The highest BCUT2D eigenvalue weighted by Gasteiger charge is 2.23. The van der Waals surface area contributed by atoms with Gasteiger partial charge in [-0.2, -0.15) is 0 Å². The summed E-state index contributed by atoms with van der Waals surface area (Å²) in [6.45, 7) is 5.38. The Bertz CT molecular complexity index is 625. The van der Waals surface area contributed by atoms with Crippen LogP contribution in [-0.4, -0.2) is 75.4 Å². The molecule has 2 heterocycles. The first-order valence-electron chi connectivity index (χ1n) is 11.1. The second-order valence-electron chi connectivity index (χ2n) is 8.46. The highest BCUT2D eigenvalue weighted by Crippen LogP contribution is 2.18. The minimum absolute atomic E-state index is 0. The normalized spacial score (nSPS) is 20.9. The molecular formula is C23H39IN4O2. The molecule has 1 N–H and O–H groups in total. The van der Waals surface area contributed by atoms with E-state index in [9.17, 15) is 0 Å². The summed E-state index contributed by atoms with van der Waals surface area (Å²) < 4.78 is 11.9. The number of rotatable bonds is 7. The van der Waals surface area contributed by atoms with Crippen LogP contribution in [0.5, 0.6) is 0 Å². The lowest BCUT2D eigenvalue weighted by atomic mass is 10.1. The fourth-order valence-electron chi connectivity index (χ4n) is 4.06. The zero-order valence-electron chi connectivity index (χ0n) is 18.8. The highest BCUT2D eigenvalue weighted by atomic mass is 127. The summed E-state index contributed by atoms with van der Waals surface area (Å²) in [5, 5.41) is 3.52. The molecular weight excluding hydrogens is 491 g/mol. The van der Waals surface area contributed by atoms with Crippen molar-refractivity contribution in [3.8, 4) is 0 Å². The molecule has 0 radical (unpaired) electrons. The Balaban J connectivity index is 0.00000320. The number of piperidine rings is 1. The summed E-state index contributed by atoms with van der Waals surface area (Å²) in [5.41, 5.74) is 2.61. The predicted octanol–water partition coefficient (Wildman–Crippen LogP) is 3.49. The van der Waals surface area contributed by atoms with Crippen LogP contribution in [0, 0.1) is 0 Å². The lowest BCUT2D eigenvalue weighted by molar-refractivity contribution is -0.0721. The largest absolute Gasteiger partial charge is 0.376 e. The van der Waals surface area contributed by atoms with Gasteiger partial charge in [0.25, 0.3) is 0 Å². The van der Waals surface area contributed by atoms with Crippen LogP contribution in [0.1, 0.15) is 43.2 Å². The molecule has 2 aliphatic heterocycles. The number of guanidine groups is 1. The monoisotopic (exact) mass is 530 g/mol. The number of likely N-dealkylation sites (tertiary alicyclic amines) is 1. The Hall–Kier alpha value is -0.900. The number of hydrogen-bond acceptors (Lipinski definition) is 4. The van der Waals surface area contributed by atoms with Gasteiger partial charge in [0, 0.05) is 39.8 Å². The molecule has 2 saturated heterocycles. The maximum Gasteiger partial charge on any atom is 0.193 e. The molecule has 0 aromatic heterocycles. The molecule has 1 aromatic rings. The van der Waals surface area contributed by atoms with Crippen molar-refractivity contribution in [2.45, 2.75) is 57.4 Å². The predicted molar refractivity (Wildman–Crippen MR) is 134 cm³/mol. The van der Waals surface area contributed by atoms with Crippen LogP contribution >= 0.6 is 24.0 Å². The zero-order valence-corrected chi connectivity index (χ0v) is 21.1. The topological polar surface area (TPSA) is 49.3 Å². The van der Waals surface area contributed by atoms with Gasteiger partial charge >= 0.3 is 0 Å². The SMILES string of the molecule is CN=C(NCc1ccc(CN(C)C)cc1)N1CCC(OCC2CCCCO2)CC1.I. The number of benzene rings is 1. The van der Waals surface area contributed by atoms with Gasteiger partial charge in [0.1, 0.15) is 0 Å². The van der Waals surface area contributed by atoms with Gasteiger partial charge in [-0.25, -0.2) is 0 Å². The first kappa shape index (κ1) is 25.4. The highest BCUT2D eigenvalue weighted by molar-refractivity contribution is 14.0. The third-order valence-corrected chi connectivity index (χ3v) is 5.72. The summed E-state index contributed by atoms with van der Waals surface area (Å²) in [5.74, 6) is 0.983. The number of ether oxygens (including phenoxy) is 2. The molecule has 170 valence electrons. The van der Waals surface area contributed by atoms with E-state index < -0.39 is 0 Å². The molecule has 6 nitrogen and oxygen atoms in total. The second-order valence-corrected chi connectivity index (χ2v) is 8.46. The molecule has 0 aliphatic carbocycles. The molecule has 30 heavy (non-hydrogen) atoms. The van der Waals surface area contributed by atoms with Gasteiger partial charge in [0.2, 0.25) is 0 Å². The molecule has 1 unspecified atom stereocenters. The maximum absolute atomic E-state index is 6.14. The molecule has 0 spiro atoms. The van der Waals surface area contributed by atoms with Gasteiger partial charge in [-0.05, 0) is 57.3 Å². The smallest absolute Gasteiger partial charge is 0.193 e. The Morgan fingerprint density at radius 2 is 1.83 bits per heavy atom. The van der Waals surface area contributed by atoms with Crippen LogP contribution in [0.25, 0.3) is 0 Å². The molecule has 0 bridgehead atoms. The Morgan fingerprint density at radius 1 is 1.13 bits per heavy atom. The minimum Gasteiger partial charge on any atom is -0.376 e. The van der Waals surface area contributed by atoms with Crippen LogP contribution in [0.15, 0.2) is 29.3 Å². The van der Waals surface area contributed by atoms with Crippen LogP contribution in [0.3, 0.4) is 0 Å². The Labute approximate surface area is 199 Å². The van der Waals surface area contributed by atoms with Crippen LogP contribution in [0.4, 0.5) is 0 Å². The van der Waals surface area contributed by atoms with E-state index in [-0.39, 0.29) is 24.0 Å². The second kappa shape index (κ2) is 13.5. The van der Waals surface area contributed by atoms with E-state index in [0.717, 1.165) is 64.6 Å². The van der Waals surface area contributed by atoms with Gasteiger partial charge in [-0.3, -0.25) is 4.99 Å². The van der Waals surface area contributed by atoms with Gasteiger partial charge < -0.3 is 24.6 Å². The lowest BCUT2D eigenvalue weighted by Gasteiger charge is -2.35. The van der Waals surface area contributed by atoms with E-state index in [4.69, 9.17) is 9.47 Å². The summed E-state index contributed by atoms with van der Waals surface area (Å²) in [6.07, 6.45) is 6.36. The summed E-state index contributed by atoms with van der Waals surface area (Å²) in [7, 11) is 6.06. The van der Waals surface area contributed by atoms with Crippen LogP contribution < -0.4 is 5.32 Å². The van der Waals surface area contributed by atoms with E-state index >= 15 is 0 Å². The zero-order chi connectivity index (χ0) is 20.5. The van der Waals surface area contributed by atoms with E-state index in [1.165, 1.54) is 24.0 Å². The van der Waals surface area contributed by atoms with Crippen molar-refractivity contribution in [3.63, 3.8) is 0 Å². The molecule has 7 heteroatoms. The van der Waals surface area contributed by atoms with Crippen molar-refractivity contribution < 1.29 is 9.47 Å². The first-order chi connectivity index (χ1) is 14.1. The van der Waals surface area contributed by atoms with Crippen molar-refractivity contribution in [1.29, 1.82) is 0 Å². The van der Waals surface area contributed by atoms with E-state index in [1.54, 1.807) is 0 Å². The standard InChI is InChI=1S/C23H38N4O2.HI/c1-24-23(25-16-19-7-9-20(10-8-19)17-26(2)3)27-13-11-21(12-14-27)29-18-22-6-4-5-15-28-22;/h7-10,21-22H,4-6,11-18H2,1-3H3,(H,24,25);1H. The number of hydrogen-bond donors (Lipinski definition) is 1. The molecule has 2 fully saturated rings. The Morgan fingerprint density at radius 3 is 2.43 bits per heavy atom. The Kier molecular flexibility index (Phi) is 11.4. The van der Waals surface area contributed by atoms with Crippen molar-refractivity contribution in [2.24, 2.45) is 4.99 Å². The number of aliphatic imine (C=N–C) groups is 1. The maximum atomic E-state index is 6.14. The number of nitrogens with one attached hydrogen (secondary N) is 1. The molecule has 0 saturated carbocycles. The van der Waals surface area contributed by atoms with Gasteiger partial charge in [0.15, 0.2) is 5.96 Å². The average Bonchev–Trinajstić information content (AvgIpc) is 2.75. The van der Waals surface area contributed by atoms with Crippen molar-refractivity contribution in [3.05, 3.63) is 35.4 Å². The fourth-order valence-corrected chi connectivity index (χ4v) is 4.06. The van der Waals surface area contributed by atoms with Crippen LogP contribution in [0.2, 0.25) is 0 Å². The van der Waals surface area contributed by atoms with E-state index in [1.807, 2.05) is 7.05 Å². The summed E-state index contributed by atoms with van der Waals surface area (Å²) in [6, 6.07) is 8.82. The molecule has 1 atom stereocenters. The minimum atomic E-state index is 0. The van der Waals surface area contributed by atoms with Crippen molar-refractivity contribution in [2.75, 3.05) is 47.4 Å². The first-order valence-corrected chi connectivity index (χ1v) is 11.1. The molecule has 2 aliphatic rings. The van der Waals surface area contributed by atoms with E-state index in [2.05, 4.69) is 58.5 Å². The quantitative estimate of drug-likeness (QED) is 0.333. The molecule has 3 rings (SSSR count). The third kappa shape index (κ3) is 8.32. The fraction of sp³-hybridized carbons (Fsp3) is 0.696. The molecule has 0 amide bonds. The van der Waals surface area contributed by atoms with Crippen LogP contribution in [-0.2, 0) is 22.6 Å². The third-order valence-electron chi connectivity index (χ3n) is 5.72. The van der Waals surface area contributed by atoms with Gasteiger partial charge in [-0.15, -0.1) is 24.0 Å². The lowest BCUT2D eigenvalue weighted by Crippen LogP contribution is -2.47. The van der Waals surface area contributed by atoms with Crippen molar-refractivity contribution in [1.82, 2.24) is 15.1 Å². The summed E-state index contributed by atoms with van der Waals surface area (Å²) in [4.78, 5) is 9.02.